The van der Waals surface area contributed by atoms with Gasteiger partial charge in [-0.25, -0.2) is 0 Å². The van der Waals surface area contributed by atoms with E-state index in [2.05, 4.69) is 38.3 Å². The molecule has 1 aromatic heterocycles. The summed E-state index contributed by atoms with van der Waals surface area (Å²) in [5.74, 6) is 0.137. The van der Waals surface area contributed by atoms with Crippen LogP contribution in [0, 0.1) is 0 Å². The normalized spacial score (nSPS) is 16.1. The van der Waals surface area contributed by atoms with E-state index in [4.69, 9.17) is 0 Å². The van der Waals surface area contributed by atoms with E-state index in [1.165, 1.54) is 4.88 Å². The fourth-order valence-electron chi connectivity index (χ4n) is 2.51. The summed E-state index contributed by atoms with van der Waals surface area (Å²) in [7, 11) is 0. The minimum absolute atomic E-state index is 0.137. The monoisotopic (exact) mass is 364 g/mol. The zero-order valence-electron chi connectivity index (χ0n) is 11.7. The molecule has 3 nitrogen and oxygen atoms in total. The fraction of sp³-hybridized carbons (Fsp3) is 0.312. The Labute approximate surface area is 137 Å². The zero-order chi connectivity index (χ0) is 14.7. The Morgan fingerprint density at radius 3 is 2.43 bits per heavy atom. The summed E-state index contributed by atoms with van der Waals surface area (Å²) < 4.78 is 1.000. The van der Waals surface area contributed by atoms with Crippen molar-refractivity contribution in [3.63, 3.8) is 0 Å². The molecule has 1 amide bonds. The molecule has 5 heteroatoms. The first kappa shape index (κ1) is 14.8. The number of nitrogens with zero attached hydrogens (tertiary/aromatic N) is 2. The summed E-state index contributed by atoms with van der Waals surface area (Å²) in [4.78, 5) is 18.2. The number of carbonyl (C=O) groups is 1. The number of carbonyl (C=O) groups excluding carboxylic acids is 1. The second-order valence-electron chi connectivity index (χ2n) is 5.15. The van der Waals surface area contributed by atoms with Crippen molar-refractivity contribution in [3.05, 3.63) is 56.7 Å². The van der Waals surface area contributed by atoms with Gasteiger partial charge in [0.1, 0.15) is 0 Å². The average Bonchev–Trinajstić information content (AvgIpc) is 3.01. The van der Waals surface area contributed by atoms with Crippen molar-refractivity contribution in [2.24, 2.45) is 0 Å². The van der Waals surface area contributed by atoms with E-state index in [1.54, 1.807) is 11.3 Å². The molecular formula is C16H17BrN2OS. The highest BCUT2D eigenvalue weighted by molar-refractivity contribution is 9.10. The molecule has 110 valence electrons. The van der Waals surface area contributed by atoms with Gasteiger partial charge in [-0.05, 0) is 35.7 Å². The van der Waals surface area contributed by atoms with Crippen LogP contribution in [0.2, 0.25) is 0 Å². The van der Waals surface area contributed by atoms with Gasteiger partial charge in [-0.15, -0.1) is 11.3 Å². The largest absolute Gasteiger partial charge is 0.336 e. The van der Waals surface area contributed by atoms with Gasteiger partial charge in [0.15, 0.2) is 0 Å². The van der Waals surface area contributed by atoms with Gasteiger partial charge in [-0.1, -0.05) is 22.0 Å². The Morgan fingerprint density at radius 1 is 1.10 bits per heavy atom. The number of benzene rings is 1. The molecule has 0 spiro atoms. The molecule has 0 atom stereocenters. The second kappa shape index (κ2) is 6.73. The number of hydrogen-bond acceptors (Lipinski definition) is 3. The van der Waals surface area contributed by atoms with Gasteiger partial charge in [0.25, 0.3) is 5.91 Å². The van der Waals surface area contributed by atoms with Crippen LogP contribution >= 0.6 is 27.3 Å². The highest BCUT2D eigenvalue weighted by Gasteiger charge is 2.22. The lowest BCUT2D eigenvalue weighted by Gasteiger charge is -2.34. The van der Waals surface area contributed by atoms with Gasteiger partial charge in [0.05, 0.1) is 0 Å². The van der Waals surface area contributed by atoms with Gasteiger partial charge in [0.2, 0.25) is 0 Å². The van der Waals surface area contributed by atoms with Crippen molar-refractivity contribution in [2.75, 3.05) is 26.2 Å². The predicted molar refractivity (Wildman–Crippen MR) is 89.6 cm³/mol. The number of rotatable bonds is 3. The molecule has 1 aliphatic rings. The zero-order valence-corrected chi connectivity index (χ0v) is 14.1. The van der Waals surface area contributed by atoms with Crippen LogP contribution in [0.3, 0.4) is 0 Å². The summed E-state index contributed by atoms with van der Waals surface area (Å²) in [5.41, 5.74) is 0.768. The minimum Gasteiger partial charge on any atom is -0.336 e. The average molecular weight is 365 g/mol. The molecule has 0 bridgehead atoms. The van der Waals surface area contributed by atoms with E-state index in [1.807, 2.05) is 29.2 Å². The lowest BCUT2D eigenvalue weighted by Crippen LogP contribution is -2.48. The third kappa shape index (κ3) is 3.73. The third-order valence-corrected chi connectivity index (χ3v) is 5.10. The third-order valence-electron chi connectivity index (χ3n) is 3.71. The fourth-order valence-corrected chi connectivity index (χ4v) is 3.52. The number of piperazine rings is 1. The maximum absolute atomic E-state index is 12.4. The lowest BCUT2D eigenvalue weighted by atomic mass is 10.2. The van der Waals surface area contributed by atoms with Crippen LogP contribution < -0.4 is 0 Å². The first-order chi connectivity index (χ1) is 10.2. The van der Waals surface area contributed by atoms with E-state index < -0.39 is 0 Å². The topological polar surface area (TPSA) is 23.6 Å². The molecule has 0 aliphatic carbocycles. The van der Waals surface area contributed by atoms with Crippen molar-refractivity contribution in [1.29, 1.82) is 0 Å². The Bertz CT molecular complexity index is 589. The van der Waals surface area contributed by atoms with Crippen molar-refractivity contribution in [1.82, 2.24) is 9.80 Å². The number of hydrogen-bond donors (Lipinski definition) is 0. The lowest BCUT2D eigenvalue weighted by molar-refractivity contribution is 0.0629. The Hall–Kier alpha value is -1.17. The van der Waals surface area contributed by atoms with Crippen LogP contribution in [0.25, 0.3) is 0 Å². The van der Waals surface area contributed by atoms with Gasteiger partial charge in [-0.3, -0.25) is 9.69 Å². The quantitative estimate of drug-likeness (QED) is 0.832. The molecule has 0 unspecified atom stereocenters. The highest BCUT2D eigenvalue weighted by Crippen LogP contribution is 2.16. The molecule has 1 fully saturated rings. The second-order valence-corrected chi connectivity index (χ2v) is 7.10. The summed E-state index contributed by atoms with van der Waals surface area (Å²) >= 11 is 5.19. The molecule has 1 aliphatic heterocycles. The number of amides is 1. The van der Waals surface area contributed by atoms with Crippen molar-refractivity contribution < 1.29 is 4.79 Å². The first-order valence-corrected chi connectivity index (χ1v) is 8.69. The molecule has 21 heavy (non-hydrogen) atoms. The maximum Gasteiger partial charge on any atom is 0.253 e. The number of halogens is 1. The smallest absolute Gasteiger partial charge is 0.253 e. The van der Waals surface area contributed by atoms with Crippen LogP contribution in [0.5, 0.6) is 0 Å². The molecule has 1 saturated heterocycles. The molecular weight excluding hydrogens is 348 g/mol. The van der Waals surface area contributed by atoms with Crippen molar-refractivity contribution >= 4 is 33.2 Å². The van der Waals surface area contributed by atoms with Gasteiger partial charge < -0.3 is 4.90 Å². The summed E-state index contributed by atoms with van der Waals surface area (Å²) in [6.45, 7) is 4.50. The van der Waals surface area contributed by atoms with Crippen LogP contribution in [-0.4, -0.2) is 41.9 Å². The van der Waals surface area contributed by atoms with E-state index in [-0.39, 0.29) is 5.91 Å². The molecule has 0 radical (unpaired) electrons. The molecule has 0 saturated carbocycles. The van der Waals surface area contributed by atoms with Gasteiger partial charge in [0, 0.05) is 47.6 Å². The first-order valence-electron chi connectivity index (χ1n) is 7.02. The van der Waals surface area contributed by atoms with Crippen LogP contribution in [-0.2, 0) is 6.54 Å². The standard InChI is InChI=1S/C16H17BrN2OS/c17-14-5-3-13(4-6-14)16(20)19-9-7-18(8-10-19)12-15-2-1-11-21-15/h1-6,11H,7-10,12H2. The number of thiophene rings is 1. The molecule has 1 aromatic carbocycles. The van der Waals surface area contributed by atoms with E-state index in [0.29, 0.717) is 0 Å². The maximum atomic E-state index is 12.4. The van der Waals surface area contributed by atoms with Crippen molar-refractivity contribution in [2.45, 2.75) is 6.54 Å². The van der Waals surface area contributed by atoms with Gasteiger partial charge >= 0.3 is 0 Å². The SMILES string of the molecule is O=C(c1ccc(Br)cc1)N1CCN(Cc2cccs2)CC1. The summed E-state index contributed by atoms with van der Waals surface area (Å²) in [5, 5.41) is 2.11. The van der Waals surface area contributed by atoms with E-state index >= 15 is 0 Å². The van der Waals surface area contributed by atoms with Crippen LogP contribution in [0.4, 0.5) is 0 Å². The molecule has 3 rings (SSSR count). The van der Waals surface area contributed by atoms with Crippen molar-refractivity contribution in [3.8, 4) is 0 Å². The predicted octanol–water partition coefficient (Wildman–Crippen LogP) is 3.47. The summed E-state index contributed by atoms with van der Waals surface area (Å²) in [6.07, 6.45) is 0. The van der Waals surface area contributed by atoms with E-state index in [0.717, 1.165) is 42.8 Å². The Morgan fingerprint density at radius 2 is 1.81 bits per heavy atom. The molecule has 0 N–H and O–H groups in total. The minimum atomic E-state index is 0.137. The van der Waals surface area contributed by atoms with Gasteiger partial charge in [-0.2, -0.15) is 0 Å². The Balaban J connectivity index is 1.55. The van der Waals surface area contributed by atoms with Crippen LogP contribution in [0.15, 0.2) is 46.3 Å². The molecule has 2 heterocycles. The Kier molecular flexibility index (Phi) is 4.73. The van der Waals surface area contributed by atoms with Crippen LogP contribution in [0.1, 0.15) is 15.2 Å². The van der Waals surface area contributed by atoms with E-state index in [9.17, 15) is 4.79 Å². The highest BCUT2D eigenvalue weighted by atomic mass is 79.9. The molecule has 2 aromatic rings. The summed E-state index contributed by atoms with van der Waals surface area (Å²) in [6, 6.07) is 11.9.